The van der Waals surface area contributed by atoms with Crippen LogP contribution in [0.1, 0.15) is 20.7 Å². The summed E-state index contributed by atoms with van der Waals surface area (Å²) in [5.74, 6) is -1.91. The monoisotopic (exact) mass is 335 g/mol. The minimum Gasteiger partial charge on any atom is -0.507 e. The van der Waals surface area contributed by atoms with Gasteiger partial charge in [-0.15, -0.1) is 0 Å². The molecule has 0 aliphatic rings. The molecule has 0 aliphatic carbocycles. The van der Waals surface area contributed by atoms with Crippen LogP contribution in [0.2, 0.25) is 0 Å². The van der Waals surface area contributed by atoms with Crippen LogP contribution in [0.15, 0.2) is 46.9 Å². The van der Waals surface area contributed by atoms with Crippen molar-refractivity contribution in [2.75, 3.05) is 5.32 Å². The number of carbonyl (C=O) groups is 2. The van der Waals surface area contributed by atoms with Crippen molar-refractivity contribution in [1.29, 1.82) is 0 Å². The van der Waals surface area contributed by atoms with Gasteiger partial charge in [-0.3, -0.25) is 4.79 Å². The molecule has 6 heteroatoms. The van der Waals surface area contributed by atoms with Crippen LogP contribution in [0, 0.1) is 0 Å². The molecule has 0 atom stereocenters. The molecule has 0 saturated carbocycles. The average molecular weight is 336 g/mol. The Morgan fingerprint density at radius 3 is 2.40 bits per heavy atom. The summed E-state index contributed by atoms with van der Waals surface area (Å²) in [5, 5.41) is 21.2. The number of rotatable bonds is 3. The van der Waals surface area contributed by atoms with Crippen molar-refractivity contribution in [2.45, 2.75) is 0 Å². The highest BCUT2D eigenvalue weighted by Crippen LogP contribution is 2.24. The van der Waals surface area contributed by atoms with E-state index in [9.17, 15) is 14.7 Å². The largest absolute Gasteiger partial charge is 0.507 e. The molecule has 20 heavy (non-hydrogen) atoms. The Kier molecular flexibility index (Phi) is 4.05. The molecule has 0 radical (unpaired) electrons. The lowest BCUT2D eigenvalue weighted by Crippen LogP contribution is -2.14. The fraction of sp³-hybridized carbons (Fsp3) is 0. The first-order valence-corrected chi connectivity index (χ1v) is 6.40. The molecule has 0 saturated heterocycles. The average Bonchev–Trinajstić information content (AvgIpc) is 2.38. The van der Waals surface area contributed by atoms with E-state index in [1.807, 2.05) is 0 Å². The Hall–Kier alpha value is -2.34. The van der Waals surface area contributed by atoms with Crippen LogP contribution in [0.5, 0.6) is 5.75 Å². The number of amides is 1. The maximum absolute atomic E-state index is 12.0. The highest BCUT2D eigenvalue weighted by atomic mass is 79.9. The molecule has 5 nitrogen and oxygen atoms in total. The van der Waals surface area contributed by atoms with Gasteiger partial charge in [0.2, 0.25) is 0 Å². The number of hydrogen-bond donors (Lipinski definition) is 3. The Labute approximate surface area is 123 Å². The number of hydrogen-bond acceptors (Lipinski definition) is 3. The highest BCUT2D eigenvalue weighted by molar-refractivity contribution is 9.10. The molecule has 102 valence electrons. The van der Waals surface area contributed by atoms with E-state index in [0.717, 1.165) is 0 Å². The van der Waals surface area contributed by atoms with Gasteiger partial charge in [0, 0.05) is 4.47 Å². The number of benzene rings is 2. The van der Waals surface area contributed by atoms with Crippen molar-refractivity contribution >= 4 is 33.5 Å². The molecular weight excluding hydrogens is 326 g/mol. The summed E-state index contributed by atoms with van der Waals surface area (Å²) in [7, 11) is 0. The Balaban J connectivity index is 2.30. The summed E-state index contributed by atoms with van der Waals surface area (Å²) in [6.45, 7) is 0. The minimum atomic E-state index is -1.14. The second kappa shape index (κ2) is 5.75. The lowest BCUT2D eigenvalue weighted by molar-refractivity contribution is 0.0698. The predicted molar refractivity (Wildman–Crippen MR) is 77.2 cm³/mol. The van der Waals surface area contributed by atoms with E-state index < -0.39 is 11.9 Å². The molecule has 2 aromatic rings. The Morgan fingerprint density at radius 1 is 1.05 bits per heavy atom. The summed E-state index contributed by atoms with van der Waals surface area (Å²) in [4.78, 5) is 23.1. The third-order valence-electron chi connectivity index (χ3n) is 2.61. The Bertz CT molecular complexity index is 685. The Morgan fingerprint density at radius 2 is 1.75 bits per heavy atom. The highest BCUT2D eigenvalue weighted by Gasteiger charge is 2.15. The SMILES string of the molecule is O=C(Nc1ccccc1C(=O)O)c1ccc(Br)cc1O. The summed E-state index contributed by atoms with van der Waals surface area (Å²) in [6, 6.07) is 10.5. The molecular formula is C14H10BrNO4. The van der Waals surface area contributed by atoms with E-state index in [0.29, 0.717) is 4.47 Å². The summed E-state index contributed by atoms with van der Waals surface area (Å²) in [5.41, 5.74) is 0.221. The second-order valence-electron chi connectivity index (χ2n) is 3.97. The number of phenols is 1. The van der Waals surface area contributed by atoms with Gasteiger partial charge in [-0.2, -0.15) is 0 Å². The van der Waals surface area contributed by atoms with Crippen LogP contribution >= 0.6 is 15.9 Å². The molecule has 2 aromatic carbocycles. The molecule has 0 unspecified atom stereocenters. The van der Waals surface area contributed by atoms with Crippen molar-refractivity contribution < 1.29 is 19.8 Å². The van der Waals surface area contributed by atoms with E-state index in [-0.39, 0.29) is 22.6 Å². The summed E-state index contributed by atoms with van der Waals surface area (Å²) >= 11 is 3.17. The van der Waals surface area contributed by atoms with Crippen molar-refractivity contribution in [3.8, 4) is 5.75 Å². The molecule has 0 aliphatic heterocycles. The summed E-state index contributed by atoms with van der Waals surface area (Å²) < 4.78 is 0.637. The molecule has 1 amide bonds. The third kappa shape index (κ3) is 2.97. The fourth-order valence-electron chi connectivity index (χ4n) is 1.67. The molecule has 0 spiro atoms. The lowest BCUT2D eigenvalue weighted by atomic mass is 10.1. The van der Waals surface area contributed by atoms with Crippen LogP contribution in [0.3, 0.4) is 0 Å². The van der Waals surface area contributed by atoms with Crippen molar-refractivity contribution in [2.24, 2.45) is 0 Å². The number of nitrogens with one attached hydrogen (secondary N) is 1. The second-order valence-corrected chi connectivity index (χ2v) is 4.88. The third-order valence-corrected chi connectivity index (χ3v) is 3.10. The molecule has 0 fully saturated rings. The van der Waals surface area contributed by atoms with Crippen molar-refractivity contribution in [3.63, 3.8) is 0 Å². The number of carboxylic acid groups (broad SMARTS) is 1. The first-order valence-electron chi connectivity index (χ1n) is 5.61. The zero-order chi connectivity index (χ0) is 14.7. The van der Waals surface area contributed by atoms with Gasteiger partial charge in [0.1, 0.15) is 5.75 Å². The van der Waals surface area contributed by atoms with Gasteiger partial charge in [0.25, 0.3) is 5.91 Å². The number of phenolic OH excluding ortho intramolecular Hbond substituents is 1. The first-order chi connectivity index (χ1) is 9.49. The standard InChI is InChI=1S/C14H10BrNO4/c15-8-5-6-10(12(17)7-8)13(18)16-11-4-2-1-3-9(11)14(19)20/h1-7,17H,(H,16,18)(H,19,20). The zero-order valence-electron chi connectivity index (χ0n) is 10.1. The fourth-order valence-corrected chi connectivity index (χ4v) is 2.01. The van der Waals surface area contributed by atoms with Crippen molar-refractivity contribution in [3.05, 3.63) is 58.1 Å². The number of aromatic carboxylic acids is 1. The number of halogens is 1. The van der Waals surface area contributed by atoms with E-state index in [1.165, 1.54) is 24.3 Å². The van der Waals surface area contributed by atoms with E-state index in [1.54, 1.807) is 18.2 Å². The number of carbonyl (C=O) groups excluding carboxylic acids is 1. The van der Waals surface area contributed by atoms with Crippen molar-refractivity contribution in [1.82, 2.24) is 0 Å². The van der Waals surface area contributed by atoms with Crippen LogP contribution in [0.4, 0.5) is 5.69 Å². The van der Waals surface area contributed by atoms with E-state index in [4.69, 9.17) is 5.11 Å². The molecule has 3 N–H and O–H groups in total. The van der Waals surface area contributed by atoms with E-state index >= 15 is 0 Å². The van der Waals surface area contributed by atoms with Gasteiger partial charge in [0.15, 0.2) is 0 Å². The quantitative estimate of drug-likeness (QED) is 0.804. The smallest absolute Gasteiger partial charge is 0.337 e. The number of carboxylic acids is 1. The van der Waals surface area contributed by atoms with Gasteiger partial charge in [-0.1, -0.05) is 28.1 Å². The van der Waals surface area contributed by atoms with Crippen LogP contribution < -0.4 is 5.32 Å². The maximum atomic E-state index is 12.0. The maximum Gasteiger partial charge on any atom is 0.337 e. The number of anilines is 1. The normalized spacial score (nSPS) is 10.1. The molecule has 2 rings (SSSR count). The van der Waals surface area contributed by atoms with Gasteiger partial charge >= 0.3 is 5.97 Å². The first kappa shape index (κ1) is 14.1. The molecule has 0 bridgehead atoms. The van der Waals surface area contributed by atoms with E-state index in [2.05, 4.69) is 21.2 Å². The molecule has 0 heterocycles. The lowest BCUT2D eigenvalue weighted by Gasteiger charge is -2.09. The predicted octanol–water partition coefficient (Wildman–Crippen LogP) is 3.11. The minimum absolute atomic E-state index is 0.0162. The number of para-hydroxylation sites is 1. The topological polar surface area (TPSA) is 86.6 Å². The summed E-state index contributed by atoms with van der Waals surface area (Å²) in [6.07, 6.45) is 0. The van der Waals surface area contributed by atoms with Gasteiger partial charge in [0.05, 0.1) is 16.8 Å². The van der Waals surface area contributed by atoms with Crippen LogP contribution in [-0.2, 0) is 0 Å². The van der Waals surface area contributed by atoms with Crippen LogP contribution in [-0.4, -0.2) is 22.1 Å². The zero-order valence-corrected chi connectivity index (χ0v) is 11.7. The van der Waals surface area contributed by atoms with Gasteiger partial charge in [-0.25, -0.2) is 4.79 Å². The van der Waals surface area contributed by atoms with Gasteiger partial charge < -0.3 is 15.5 Å². The molecule has 0 aromatic heterocycles. The van der Waals surface area contributed by atoms with Crippen LogP contribution in [0.25, 0.3) is 0 Å². The van der Waals surface area contributed by atoms with Gasteiger partial charge in [-0.05, 0) is 30.3 Å². The number of aromatic hydroxyl groups is 1.